The predicted molar refractivity (Wildman–Crippen MR) is 72.7 cm³/mol. The van der Waals surface area contributed by atoms with Crippen molar-refractivity contribution >= 4 is 38.3 Å². The van der Waals surface area contributed by atoms with Crippen LogP contribution < -0.4 is 4.90 Å². The Bertz CT molecular complexity index is 572. The Balaban J connectivity index is 2.41. The number of likely N-dealkylation sites (N-methyl/N-ethyl adjacent to an activating group) is 1. The largest absolute Gasteiger partial charge is 0.383 e. The lowest BCUT2D eigenvalue weighted by molar-refractivity contribution is 0.206. The van der Waals surface area contributed by atoms with Gasteiger partial charge in [-0.3, -0.25) is 4.21 Å². The molecule has 0 aromatic carbocycles. The Morgan fingerprint density at radius 2 is 2.28 bits per heavy atom. The molecule has 0 amide bonds. The fourth-order valence-corrected chi connectivity index (χ4v) is 3.18. The van der Waals surface area contributed by atoms with Gasteiger partial charge in [0, 0.05) is 27.0 Å². The molecule has 2 aromatic heterocycles. The predicted octanol–water partition coefficient (Wildman–Crippen LogP) is 0.906. The van der Waals surface area contributed by atoms with Gasteiger partial charge in [0.15, 0.2) is 15.8 Å². The summed E-state index contributed by atoms with van der Waals surface area (Å²) < 4.78 is 17.9. The Morgan fingerprint density at radius 1 is 1.50 bits per heavy atom. The maximum Gasteiger partial charge on any atom is 0.183 e. The van der Waals surface area contributed by atoms with Crippen molar-refractivity contribution in [1.82, 2.24) is 15.0 Å². The van der Waals surface area contributed by atoms with Gasteiger partial charge in [0.2, 0.25) is 0 Å². The summed E-state index contributed by atoms with van der Waals surface area (Å²) in [5.41, 5.74) is 0.597. The maximum absolute atomic E-state index is 11.4. The molecule has 0 radical (unpaired) electrons. The summed E-state index contributed by atoms with van der Waals surface area (Å²) in [6.45, 7) is 1.35. The van der Waals surface area contributed by atoms with Gasteiger partial charge in [-0.05, 0) is 0 Å². The van der Waals surface area contributed by atoms with Crippen molar-refractivity contribution in [2.24, 2.45) is 0 Å². The van der Waals surface area contributed by atoms with Gasteiger partial charge in [0.05, 0.1) is 17.4 Å². The van der Waals surface area contributed by atoms with Crippen molar-refractivity contribution in [3.8, 4) is 0 Å². The summed E-state index contributed by atoms with van der Waals surface area (Å²) in [4.78, 5) is 14.6. The number of hydrogen-bond acceptors (Lipinski definition) is 7. The molecule has 98 valence electrons. The third-order valence-electron chi connectivity index (χ3n) is 2.39. The first kappa shape index (κ1) is 13.3. The Labute approximate surface area is 111 Å². The fourth-order valence-electron chi connectivity index (χ4n) is 1.45. The van der Waals surface area contributed by atoms with E-state index in [-0.39, 0.29) is 0 Å². The molecular weight excluding hydrogens is 272 g/mol. The highest BCUT2D eigenvalue weighted by Crippen LogP contribution is 2.29. The molecular formula is C10H14N4O2S2. The first-order chi connectivity index (χ1) is 8.63. The van der Waals surface area contributed by atoms with Crippen LogP contribution in [0.2, 0.25) is 0 Å². The van der Waals surface area contributed by atoms with E-state index in [1.807, 2.05) is 11.9 Å². The number of rotatable bonds is 5. The highest BCUT2D eigenvalue weighted by Gasteiger charge is 2.14. The van der Waals surface area contributed by atoms with Crippen molar-refractivity contribution in [2.45, 2.75) is 4.34 Å². The lowest BCUT2D eigenvalue weighted by Crippen LogP contribution is -2.23. The van der Waals surface area contributed by atoms with E-state index in [1.165, 1.54) is 17.7 Å². The Hall–Kier alpha value is -1.12. The molecule has 0 saturated carbocycles. The smallest absolute Gasteiger partial charge is 0.183 e. The molecule has 0 saturated heterocycles. The number of nitrogens with zero attached hydrogens (tertiary/aromatic N) is 4. The zero-order valence-electron chi connectivity index (χ0n) is 10.4. The summed E-state index contributed by atoms with van der Waals surface area (Å²) >= 11 is 1.38. The standard InChI is InChI=1S/C10H14N4O2S2/c1-14(4-5-16-2)9-7-8(11-6-12-9)13-10(17-7)18(3)15/h6H,4-5H2,1-3H3. The van der Waals surface area contributed by atoms with Gasteiger partial charge in [-0.1, -0.05) is 11.3 Å². The normalized spacial score (nSPS) is 12.8. The van der Waals surface area contributed by atoms with Crippen LogP contribution in [0.25, 0.3) is 10.3 Å². The third kappa shape index (κ3) is 2.65. The van der Waals surface area contributed by atoms with Crippen LogP contribution in [0, 0.1) is 0 Å². The molecule has 2 heterocycles. The molecule has 0 aliphatic carbocycles. The molecule has 0 bridgehead atoms. The van der Waals surface area contributed by atoms with Crippen LogP contribution in [0.5, 0.6) is 0 Å². The van der Waals surface area contributed by atoms with Crippen LogP contribution >= 0.6 is 11.3 Å². The molecule has 18 heavy (non-hydrogen) atoms. The van der Waals surface area contributed by atoms with E-state index in [0.717, 1.165) is 17.1 Å². The second-order valence-corrected chi connectivity index (χ2v) is 6.25. The lowest BCUT2D eigenvalue weighted by atomic mass is 10.5. The van der Waals surface area contributed by atoms with Crippen LogP contribution in [0.15, 0.2) is 10.7 Å². The maximum atomic E-state index is 11.4. The second kappa shape index (κ2) is 5.68. The molecule has 0 aliphatic heterocycles. The first-order valence-electron chi connectivity index (χ1n) is 5.28. The van der Waals surface area contributed by atoms with Gasteiger partial charge in [-0.15, -0.1) is 0 Å². The summed E-state index contributed by atoms with van der Waals surface area (Å²) in [5.74, 6) is 0.797. The van der Waals surface area contributed by atoms with E-state index in [1.54, 1.807) is 13.4 Å². The molecule has 1 atom stereocenters. The SMILES string of the molecule is COCCN(C)c1ncnc2nc(S(C)=O)sc12. The fraction of sp³-hybridized carbons (Fsp3) is 0.500. The summed E-state index contributed by atoms with van der Waals surface area (Å²) in [6.07, 6.45) is 3.09. The molecule has 6 nitrogen and oxygen atoms in total. The summed E-state index contributed by atoms with van der Waals surface area (Å²) in [6, 6.07) is 0. The monoisotopic (exact) mass is 286 g/mol. The first-order valence-corrected chi connectivity index (χ1v) is 7.66. The van der Waals surface area contributed by atoms with Crippen LogP contribution in [0.1, 0.15) is 0 Å². The van der Waals surface area contributed by atoms with Gasteiger partial charge in [-0.25, -0.2) is 15.0 Å². The molecule has 1 unspecified atom stereocenters. The van der Waals surface area contributed by atoms with Gasteiger partial charge < -0.3 is 9.64 Å². The number of anilines is 1. The Kier molecular flexibility index (Phi) is 4.20. The quantitative estimate of drug-likeness (QED) is 0.813. The van der Waals surface area contributed by atoms with Crippen LogP contribution in [0.4, 0.5) is 5.82 Å². The molecule has 0 N–H and O–H groups in total. The van der Waals surface area contributed by atoms with Crippen molar-refractivity contribution in [1.29, 1.82) is 0 Å². The summed E-state index contributed by atoms with van der Waals surface area (Å²) in [7, 11) is 2.50. The number of aromatic nitrogens is 3. The minimum absolute atomic E-state index is 0.576. The third-order valence-corrected chi connectivity index (χ3v) is 4.76. The van der Waals surface area contributed by atoms with E-state index in [0.29, 0.717) is 16.6 Å². The highest BCUT2D eigenvalue weighted by molar-refractivity contribution is 7.86. The van der Waals surface area contributed by atoms with E-state index in [9.17, 15) is 4.21 Å². The number of hydrogen-bond donors (Lipinski definition) is 0. The minimum Gasteiger partial charge on any atom is -0.383 e. The van der Waals surface area contributed by atoms with E-state index < -0.39 is 10.8 Å². The zero-order chi connectivity index (χ0) is 13.1. The Morgan fingerprint density at radius 3 is 2.94 bits per heavy atom. The average molecular weight is 286 g/mol. The molecule has 0 spiro atoms. The molecule has 0 aliphatic rings. The molecule has 0 fully saturated rings. The topological polar surface area (TPSA) is 68.2 Å². The van der Waals surface area contributed by atoms with Crippen molar-refractivity contribution < 1.29 is 8.95 Å². The molecule has 2 rings (SSSR count). The van der Waals surface area contributed by atoms with Gasteiger partial charge >= 0.3 is 0 Å². The van der Waals surface area contributed by atoms with E-state index in [4.69, 9.17) is 4.74 Å². The highest BCUT2D eigenvalue weighted by atomic mass is 32.2. The molecule has 2 aromatic rings. The molecule has 8 heteroatoms. The van der Waals surface area contributed by atoms with Crippen molar-refractivity contribution in [3.05, 3.63) is 6.33 Å². The van der Waals surface area contributed by atoms with Crippen LogP contribution in [-0.2, 0) is 15.5 Å². The zero-order valence-corrected chi connectivity index (χ0v) is 12.0. The van der Waals surface area contributed by atoms with Crippen LogP contribution in [0.3, 0.4) is 0 Å². The number of thiazole rings is 1. The van der Waals surface area contributed by atoms with Crippen molar-refractivity contribution in [2.75, 3.05) is 38.5 Å². The minimum atomic E-state index is -1.09. The average Bonchev–Trinajstić information content (AvgIpc) is 2.79. The van der Waals surface area contributed by atoms with Gasteiger partial charge in [0.1, 0.15) is 11.0 Å². The van der Waals surface area contributed by atoms with E-state index in [2.05, 4.69) is 15.0 Å². The lowest BCUT2D eigenvalue weighted by Gasteiger charge is -2.17. The van der Waals surface area contributed by atoms with Gasteiger partial charge in [-0.2, -0.15) is 0 Å². The number of fused-ring (bicyclic) bond motifs is 1. The summed E-state index contributed by atoms with van der Waals surface area (Å²) in [5, 5.41) is 0. The second-order valence-electron chi connectivity index (χ2n) is 3.70. The number of methoxy groups -OCH3 is 1. The van der Waals surface area contributed by atoms with Crippen molar-refractivity contribution in [3.63, 3.8) is 0 Å². The van der Waals surface area contributed by atoms with Crippen LogP contribution in [-0.4, -0.2) is 52.7 Å². The van der Waals surface area contributed by atoms with E-state index >= 15 is 0 Å². The number of ether oxygens (including phenoxy) is 1. The van der Waals surface area contributed by atoms with Gasteiger partial charge in [0.25, 0.3) is 0 Å².